The Labute approximate surface area is 181 Å². The Kier molecular flexibility index (Phi) is 8.07. The van der Waals surface area contributed by atoms with Gasteiger partial charge in [-0.2, -0.15) is 4.37 Å². The molecule has 158 valence electrons. The molecule has 1 fully saturated rings. The monoisotopic (exact) mass is 459 g/mol. The minimum atomic E-state index is -0.722. The predicted molar refractivity (Wildman–Crippen MR) is 113 cm³/mol. The van der Waals surface area contributed by atoms with E-state index in [0.29, 0.717) is 10.9 Å². The van der Waals surface area contributed by atoms with Gasteiger partial charge in [0.2, 0.25) is 5.88 Å². The number of halogens is 1. The second-order valence-corrected chi connectivity index (χ2v) is 8.81. The molecule has 2 aromatic heterocycles. The number of nitrogens with one attached hydrogen (secondary N) is 2. The van der Waals surface area contributed by atoms with Crippen LogP contribution in [0.15, 0.2) is 12.1 Å². The Morgan fingerprint density at radius 3 is 2.83 bits per heavy atom. The summed E-state index contributed by atoms with van der Waals surface area (Å²) in [6.07, 6.45) is 0.816. The highest BCUT2D eigenvalue weighted by Crippen LogP contribution is 2.31. The number of aromatic nitrogens is 1. The van der Waals surface area contributed by atoms with Gasteiger partial charge in [0.1, 0.15) is 17.2 Å². The number of morpholine rings is 1. The van der Waals surface area contributed by atoms with Crippen molar-refractivity contribution in [3.63, 3.8) is 0 Å². The summed E-state index contributed by atoms with van der Waals surface area (Å²) in [5.41, 5.74) is 5.51. The van der Waals surface area contributed by atoms with Gasteiger partial charge in [-0.05, 0) is 36.6 Å². The first-order valence-corrected chi connectivity index (χ1v) is 11.0. The molecule has 3 amide bonds. The van der Waals surface area contributed by atoms with Crippen LogP contribution in [0.3, 0.4) is 0 Å². The smallest absolute Gasteiger partial charge is 0.319 e. The van der Waals surface area contributed by atoms with Crippen molar-refractivity contribution >= 4 is 51.4 Å². The largest absolute Gasteiger partial charge is 0.471 e. The molecule has 0 aliphatic carbocycles. The van der Waals surface area contributed by atoms with E-state index in [-0.39, 0.29) is 23.1 Å². The number of hydrogen-bond donors (Lipinski definition) is 3. The Hall–Kier alpha value is -1.92. The molecule has 0 atom stereocenters. The first-order valence-electron chi connectivity index (χ1n) is 9.04. The van der Waals surface area contributed by atoms with Gasteiger partial charge in [-0.15, -0.1) is 11.3 Å². The molecule has 1 aliphatic heterocycles. The number of nitrogens with two attached hydrogens (primary N) is 1. The number of rotatable bonds is 9. The van der Waals surface area contributed by atoms with Gasteiger partial charge in [-0.25, -0.2) is 4.79 Å². The molecule has 3 rings (SSSR count). The minimum absolute atomic E-state index is 0.0566. The van der Waals surface area contributed by atoms with Gasteiger partial charge in [-0.3, -0.25) is 15.0 Å². The number of thiophene rings is 1. The van der Waals surface area contributed by atoms with Crippen LogP contribution in [0.5, 0.6) is 5.88 Å². The van der Waals surface area contributed by atoms with Crippen LogP contribution in [0, 0.1) is 0 Å². The molecule has 2 aromatic rings. The zero-order valence-corrected chi connectivity index (χ0v) is 18.0. The number of carbonyl (C=O) groups excluding carboxylic acids is 2. The van der Waals surface area contributed by atoms with E-state index < -0.39 is 11.9 Å². The van der Waals surface area contributed by atoms with Crippen LogP contribution >= 0.6 is 34.5 Å². The van der Waals surface area contributed by atoms with E-state index in [1.54, 1.807) is 6.07 Å². The third-order valence-corrected chi connectivity index (χ3v) is 6.11. The van der Waals surface area contributed by atoms with Crippen LogP contribution in [0.25, 0.3) is 0 Å². The number of anilines is 1. The summed E-state index contributed by atoms with van der Waals surface area (Å²) in [5, 5.41) is 5.65. The summed E-state index contributed by atoms with van der Waals surface area (Å²) in [5.74, 6) is -0.629. The summed E-state index contributed by atoms with van der Waals surface area (Å²) >= 11 is 8.21. The maximum atomic E-state index is 12.1. The average molecular weight is 460 g/mol. The van der Waals surface area contributed by atoms with Crippen molar-refractivity contribution in [2.45, 2.75) is 13.0 Å². The van der Waals surface area contributed by atoms with E-state index in [0.717, 1.165) is 55.7 Å². The summed E-state index contributed by atoms with van der Waals surface area (Å²) < 4.78 is 15.6. The van der Waals surface area contributed by atoms with Crippen molar-refractivity contribution in [2.24, 2.45) is 5.73 Å². The molecule has 0 bridgehead atoms. The number of urea groups is 1. The Bertz CT molecular complexity index is 838. The molecular formula is C17H22ClN5O4S2. The molecule has 9 nitrogen and oxygen atoms in total. The number of nitrogens with zero attached hydrogens (tertiary/aromatic N) is 2. The quantitative estimate of drug-likeness (QED) is 0.495. The van der Waals surface area contributed by atoms with Gasteiger partial charge in [0.05, 0.1) is 17.6 Å². The number of hydrogen-bond acceptors (Lipinski definition) is 8. The lowest BCUT2D eigenvalue weighted by Crippen LogP contribution is -2.38. The number of primary amides is 1. The molecule has 0 spiro atoms. The van der Waals surface area contributed by atoms with Gasteiger partial charge >= 0.3 is 6.03 Å². The second kappa shape index (κ2) is 10.7. The van der Waals surface area contributed by atoms with Crippen LogP contribution in [-0.2, 0) is 11.3 Å². The lowest BCUT2D eigenvalue weighted by Gasteiger charge is -2.26. The molecular weight excluding hydrogens is 438 g/mol. The van der Waals surface area contributed by atoms with Crippen molar-refractivity contribution in [3.05, 3.63) is 26.9 Å². The zero-order chi connectivity index (χ0) is 20.6. The number of amides is 3. The fraction of sp³-hybridized carbons (Fsp3) is 0.471. The molecule has 12 heteroatoms. The van der Waals surface area contributed by atoms with E-state index in [2.05, 4.69) is 19.9 Å². The van der Waals surface area contributed by atoms with Crippen molar-refractivity contribution in [2.75, 3.05) is 44.7 Å². The number of ether oxygens (including phenoxy) is 2. The van der Waals surface area contributed by atoms with Gasteiger partial charge in [0.25, 0.3) is 5.91 Å². The van der Waals surface area contributed by atoms with E-state index in [1.165, 1.54) is 11.3 Å². The van der Waals surface area contributed by atoms with Crippen molar-refractivity contribution in [1.29, 1.82) is 0 Å². The van der Waals surface area contributed by atoms with E-state index in [4.69, 9.17) is 26.8 Å². The third-order valence-electron chi connectivity index (χ3n) is 4.15. The molecule has 1 saturated heterocycles. The SMILES string of the molecule is NC(=O)c1c(OCc2ccc(Cl)s2)nsc1NC(=O)NCCCN1CCOCC1. The summed E-state index contributed by atoms with van der Waals surface area (Å²) in [6, 6.07) is 3.17. The fourth-order valence-electron chi connectivity index (χ4n) is 2.72. The molecule has 0 saturated carbocycles. The van der Waals surface area contributed by atoms with Crippen LogP contribution < -0.4 is 21.1 Å². The van der Waals surface area contributed by atoms with E-state index in [1.807, 2.05) is 6.07 Å². The molecule has 0 radical (unpaired) electrons. The highest BCUT2D eigenvalue weighted by atomic mass is 35.5. The highest BCUT2D eigenvalue weighted by Gasteiger charge is 2.22. The Balaban J connectivity index is 1.48. The number of carbonyl (C=O) groups is 2. The van der Waals surface area contributed by atoms with Gasteiger partial charge in [0, 0.05) is 24.5 Å². The molecule has 4 N–H and O–H groups in total. The van der Waals surface area contributed by atoms with Crippen LogP contribution in [0.4, 0.5) is 9.80 Å². The maximum Gasteiger partial charge on any atom is 0.319 e. The van der Waals surface area contributed by atoms with Gasteiger partial charge in [-0.1, -0.05) is 11.6 Å². The van der Waals surface area contributed by atoms with E-state index in [9.17, 15) is 9.59 Å². The lowest BCUT2D eigenvalue weighted by atomic mass is 10.3. The van der Waals surface area contributed by atoms with Crippen LogP contribution in [-0.4, -0.2) is 60.6 Å². The van der Waals surface area contributed by atoms with Crippen molar-refractivity contribution in [3.8, 4) is 5.88 Å². The summed E-state index contributed by atoms with van der Waals surface area (Å²) in [6.45, 7) is 4.93. The third kappa shape index (κ3) is 6.54. The molecule has 3 heterocycles. The molecule has 1 aliphatic rings. The van der Waals surface area contributed by atoms with E-state index >= 15 is 0 Å². The first kappa shape index (κ1) is 21.8. The van der Waals surface area contributed by atoms with Crippen LogP contribution in [0.1, 0.15) is 21.7 Å². The van der Waals surface area contributed by atoms with Crippen LogP contribution in [0.2, 0.25) is 4.34 Å². The normalized spacial score (nSPS) is 14.5. The maximum absolute atomic E-state index is 12.1. The van der Waals surface area contributed by atoms with Gasteiger partial charge in [0.15, 0.2) is 0 Å². The topological polar surface area (TPSA) is 119 Å². The average Bonchev–Trinajstić information content (AvgIpc) is 3.30. The molecule has 29 heavy (non-hydrogen) atoms. The zero-order valence-electron chi connectivity index (χ0n) is 15.6. The predicted octanol–water partition coefficient (Wildman–Crippen LogP) is 2.38. The fourth-order valence-corrected chi connectivity index (χ4v) is 4.46. The Morgan fingerprint density at radius 2 is 2.14 bits per heavy atom. The second-order valence-electron chi connectivity index (χ2n) is 6.24. The summed E-state index contributed by atoms with van der Waals surface area (Å²) in [4.78, 5) is 27.2. The minimum Gasteiger partial charge on any atom is -0.471 e. The first-order chi connectivity index (χ1) is 14.0. The van der Waals surface area contributed by atoms with Crippen molar-refractivity contribution in [1.82, 2.24) is 14.6 Å². The lowest BCUT2D eigenvalue weighted by molar-refractivity contribution is 0.0375. The van der Waals surface area contributed by atoms with Crippen molar-refractivity contribution < 1.29 is 19.1 Å². The molecule has 0 aromatic carbocycles. The molecule has 0 unspecified atom stereocenters. The highest BCUT2D eigenvalue weighted by molar-refractivity contribution is 7.16. The summed E-state index contributed by atoms with van der Waals surface area (Å²) in [7, 11) is 0. The van der Waals surface area contributed by atoms with Gasteiger partial charge < -0.3 is 20.5 Å². The Morgan fingerprint density at radius 1 is 1.34 bits per heavy atom. The standard InChI is InChI=1S/C17H22ClN5O4S2/c18-12-3-2-11(28-12)10-27-15-13(14(19)24)16(29-22-15)21-17(25)20-4-1-5-23-6-8-26-9-7-23/h2-3H,1,4-10H2,(H2,19,24)(H2,20,21,25).